The van der Waals surface area contributed by atoms with Gasteiger partial charge in [-0.15, -0.1) is 0 Å². The number of rotatable bonds is 6. The summed E-state index contributed by atoms with van der Waals surface area (Å²) < 4.78 is 48.8. The second-order valence-corrected chi connectivity index (χ2v) is 9.86. The first kappa shape index (κ1) is 19.5. The van der Waals surface area contributed by atoms with Crippen molar-refractivity contribution in [2.75, 3.05) is 12.4 Å². The number of carbonyl (C=O) groups excluding carboxylic acids is 1. The molecule has 0 radical (unpaired) electrons. The van der Waals surface area contributed by atoms with Gasteiger partial charge in [0.25, 0.3) is 5.91 Å². The van der Waals surface area contributed by atoms with Crippen molar-refractivity contribution in [3.63, 3.8) is 0 Å². The van der Waals surface area contributed by atoms with Crippen LogP contribution in [0.1, 0.15) is 23.2 Å². The summed E-state index contributed by atoms with van der Waals surface area (Å²) in [6.07, 6.45) is 1.72. The van der Waals surface area contributed by atoms with E-state index in [-0.39, 0.29) is 21.4 Å². The van der Waals surface area contributed by atoms with E-state index < -0.39 is 26.0 Å². The molecule has 8 nitrogen and oxygen atoms in total. The average Bonchev–Trinajstić information content (AvgIpc) is 3.46. The minimum atomic E-state index is -3.80. The summed E-state index contributed by atoms with van der Waals surface area (Å²) in [5, 5.41) is 7.64. The van der Waals surface area contributed by atoms with Crippen LogP contribution in [-0.2, 0) is 20.0 Å². The fourth-order valence-electron chi connectivity index (χ4n) is 2.51. The molecule has 144 valence electrons. The molecule has 2 aromatic rings. The third-order valence-corrected chi connectivity index (χ3v) is 7.15. The molecule has 10 heteroatoms. The van der Waals surface area contributed by atoms with Crippen molar-refractivity contribution in [2.45, 2.75) is 28.7 Å². The van der Waals surface area contributed by atoms with E-state index in [0.717, 1.165) is 12.8 Å². The highest BCUT2D eigenvalue weighted by Gasteiger charge is 2.34. The number of benzene rings is 2. The van der Waals surface area contributed by atoms with Gasteiger partial charge in [-0.3, -0.25) is 4.79 Å². The maximum Gasteiger partial charge on any atom is 0.255 e. The molecule has 0 bridgehead atoms. The summed E-state index contributed by atoms with van der Waals surface area (Å²) >= 11 is 0. The predicted molar refractivity (Wildman–Crippen MR) is 100 cm³/mol. The van der Waals surface area contributed by atoms with E-state index in [4.69, 9.17) is 5.14 Å². The van der Waals surface area contributed by atoms with Gasteiger partial charge in [-0.05, 0) is 61.4 Å². The van der Waals surface area contributed by atoms with Crippen molar-refractivity contribution in [2.24, 2.45) is 5.14 Å². The Hall–Kier alpha value is -2.27. The van der Waals surface area contributed by atoms with Crippen LogP contribution < -0.4 is 10.5 Å². The lowest BCUT2D eigenvalue weighted by Crippen LogP contribution is -2.29. The normalized spacial score (nSPS) is 14.9. The summed E-state index contributed by atoms with van der Waals surface area (Å²) in [6, 6.07) is 11.1. The number of nitrogens with one attached hydrogen (secondary N) is 1. The number of anilines is 1. The highest BCUT2D eigenvalue weighted by Crippen LogP contribution is 2.30. The maximum atomic E-state index is 12.5. The molecule has 0 unspecified atom stereocenters. The van der Waals surface area contributed by atoms with E-state index >= 15 is 0 Å². The van der Waals surface area contributed by atoms with E-state index in [1.807, 2.05) is 0 Å². The van der Waals surface area contributed by atoms with Gasteiger partial charge in [-0.1, -0.05) is 0 Å². The fraction of sp³-hybridized carbons (Fsp3) is 0.235. The van der Waals surface area contributed by atoms with Crippen molar-refractivity contribution in [3.8, 4) is 0 Å². The first-order valence-electron chi connectivity index (χ1n) is 8.11. The van der Waals surface area contributed by atoms with E-state index in [9.17, 15) is 21.6 Å². The number of primary sulfonamides is 1. The SMILES string of the molecule is CN(C1CC1)S(=O)(=O)c1ccc(C(=O)Nc2ccc(S(N)(=O)=O)cc2)cc1. The van der Waals surface area contributed by atoms with Gasteiger partial charge < -0.3 is 5.32 Å². The van der Waals surface area contributed by atoms with Gasteiger partial charge in [0, 0.05) is 24.3 Å². The topological polar surface area (TPSA) is 127 Å². The molecule has 1 aliphatic carbocycles. The predicted octanol–water partition coefficient (Wildman–Crippen LogP) is 1.37. The van der Waals surface area contributed by atoms with E-state index in [1.165, 1.54) is 52.8 Å². The summed E-state index contributed by atoms with van der Waals surface area (Å²) in [5.41, 5.74) is 0.663. The number of amides is 1. The van der Waals surface area contributed by atoms with Crippen LogP contribution in [0.15, 0.2) is 58.3 Å². The molecule has 1 saturated carbocycles. The number of hydrogen-bond donors (Lipinski definition) is 2. The second-order valence-electron chi connectivity index (χ2n) is 6.30. The first-order valence-corrected chi connectivity index (χ1v) is 11.1. The lowest BCUT2D eigenvalue weighted by Gasteiger charge is -2.16. The molecule has 0 heterocycles. The van der Waals surface area contributed by atoms with Crippen molar-refractivity contribution >= 4 is 31.6 Å². The Bertz CT molecular complexity index is 1060. The van der Waals surface area contributed by atoms with Crippen LogP contribution in [0.3, 0.4) is 0 Å². The Balaban J connectivity index is 1.72. The lowest BCUT2D eigenvalue weighted by molar-refractivity contribution is 0.102. The Morgan fingerprint density at radius 2 is 1.48 bits per heavy atom. The smallest absolute Gasteiger partial charge is 0.255 e. The molecule has 0 aliphatic heterocycles. The summed E-state index contributed by atoms with van der Waals surface area (Å²) in [4.78, 5) is 12.4. The summed E-state index contributed by atoms with van der Waals surface area (Å²) in [5.74, 6) is -0.446. The van der Waals surface area contributed by atoms with E-state index in [0.29, 0.717) is 5.69 Å². The molecule has 3 rings (SSSR count). The van der Waals surface area contributed by atoms with Crippen LogP contribution in [0.5, 0.6) is 0 Å². The maximum absolute atomic E-state index is 12.5. The first-order chi connectivity index (χ1) is 12.6. The number of sulfonamides is 2. The fourth-order valence-corrected chi connectivity index (χ4v) is 4.44. The standard InChI is InChI=1S/C17H19N3O5S2/c1-20(14-6-7-14)27(24,25)16-8-2-12(3-9-16)17(21)19-13-4-10-15(11-5-13)26(18,22)23/h2-5,8-11,14H,6-7H2,1H3,(H,19,21)(H2,18,22,23). The molecule has 2 aromatic carbocycles. The minimum Gasteiger partial charge on any atom is -0.322 e. The molecule has 1 amide bonds. The van der Waals surface area contributed by atoms with Crippen LogP contribution in [-0.4, -0.2) is 40.1 Å². The molecular formula is C17H19N3O5S2. The third kappa shape index (κ3) is 4.35. The van der Waals surface area contributed by atoms with Crippen LogP contribution in [0.4, 0.5) is 5.69 Å². The zero-order valence-corrected chi connectivity index (χ0v) is 16.1. The van der Waals surface area contributed by atoms with Gasteiger partial charge >= 0.3 is 0 Å². The molecule has 1 fully saturated rings. The van der Waals surface area contributed by atoms with Gasteiger partial charge in [0.05, 0.1) is 9.79 Å². The number of nitrogens with two attached hydrogens (primary N) is 1. The Morgan fingerprint density at radius 1 is 0.963 bits per heavy atom. The number of carbonyl (C=O) groups is 1. The highest BCUT2D eigenvalue weighted by molar-refractivity contribution is 7.89. The number of hydrogen-bond acceptors (Lipinski definition) is 5. The van der Waals surface area contributed by atoms with Crippen molar-refractivity contribution in [3.05, 3.63) is 54.1 Å². The zero-order valence-electron chi connectivity index (χ0n) is 14.5. The molecule has 0 aromatic heterocycles. The molecular weight excluding hydrogens is 390 g/mol. The highest BCUT2D eigenvalue weighted by atomic mass is 32.2. The Kier molecular flexibility index (Phi) is 5.08. The van der Waals surface area contributed by atoms with Crippen LogP contribution in [0, 0.1) is 0 Å². The van der Waals surface area contributed by atoms with Crippen molar-refractivity contribution in [1.82, 2.24) is 4.31 Å². The van der Waals surface area contributed by atoms with Gasteiger partial charge in [0.2, 0.25) is 20.0 Å². The van der Waals surface area contributed by atoms with Crippen molar-refractivity contribution in [1.29, 1.82) is 0 Å². The van der Waals surface area contributed by atoms with Crippen molar-refractivity contribution < 1.29 is 21.6 Å². The van der Waals surface area contributed by atoms with Crippen LogP contribution >= 0.6 is 0 Å². The molecule has 1 aliphatic rings. The van der Waals surface area contributed by atoms with Gasteiger partial charge in [0.1, 0.15) is 0 Å². The van der Waals surface area contributed by atoms with Gasteiger partial charge in [-0.25, -0.2) is 22.0 Å². The van der Waals surface area contributed by atoms with Gasteiger partial charge in [-0.2, -0.15) is 4.31 Å². The molecule has 0 atom stereocenters. The number of nitrogens with zero attached hydrogens (tertiary/aromatic N) is 1. The second kappa shape index (κ2) is 7.04. The Labute approximate surface area is 158 Å². The Morgan fingerprint density at radius 3 is 1.96 bits per heavy atom. The van der Waals surface area contributed by atoms with Crippen LogP contribution in [0.25, 0.3) is 0 Å². The van der Waals surface area contributed by atoms with Crippen LogP contribution in [0.2, 0.25) is 0 Å². The monoisotopic (exact) mass is 409 g/mol. The van der Waals surface area contributed by atoms with Gasteiger partial charge in [0.15, 0.2) is 0 Å². The summed E-state index contributed by atoms with van der Waals surface area (Å²) in [7, 11) is -5.81. The third-order valence-electron chi connectivity index (χ3n) is 4.30. The average molecular weight is 409 g/mol. The lowest BCUT2D eigenvalue weighted by atomic mass is 10.2. The largest absolute Gasteiger partial charge is 0.322 e. The molecule has 27 heavy (non-hydrogen) atoms. The van der Waals surface area contributed by atoms with E-state index in [2.05, 4.69) is 5.32 Å². The molecule has 0 saturated heterocycles. The van der Waals surface area contributed by atoms with E-state index in [1.54, 1.807) is 7.05 Å². The molecule has 3 N–H and O–H groups in total. The molecule has 0 spiro atoms. The zero-order chi connectivity index (χ0) is 19.8. The quantitative estimate of drug-likeness (QED) is 0.745. The minimum absolute atomic E-state index is 0.0540. The summed E-state index contributed by atoms with van der Waals surface area (Å²) in [6.45, 7) is 0.